The van der Waals surface area contributed by atoms with Gasteiger partial charge in [0.25, 0.3) is 0 Å². The Labute approximate surface area is 163 Å². The second-order valence-corrected chi connectivity index (χ2v) is 7.84. The standard InChI is InChI=1S/C21H24N4OS/c1-3-16-8-6-10-18-19(16)23-21(27-18)25-13-11-24(12-14-25)20(26)22-17-9-5-4-7-15(17)2/h4-10H,3,11-14H2,1-2H3,(H,22,26). The van der Waals surface area contributed by atoms with Crippen LogP contribution in [0.15, 0.2) is 42.5 Å². The quantitative estimate of drug-likeness (QED) is 0.727. The molecular formula is C21H24N4OS. The van der Waals surface area contributed by atoms with Gasteiger partial charge in [-0.15, -0.1) is 0 Å². The van der Waals surface area contributed by atoms with E-state index in [1.54, 1.807) is 11.3 Å². The van der Waals surface area contributed by atoms with Crippen molar-refractivity contribution >= 4 is 38.4 Å². The molecule has 0 saturated carbocycles. The maximum Gasteiger partial charge on any atom is 0.321 e. The molecule has 1 aliphatic rings. The predicted octanol–water partition coefficient (Wildman–Crippen LogP) is 4.52. The Morgan fingerprint density at radius 3 is 2.63 bits per heavy atom. The van der Waals surface area contributed by atoms with E-state index in [2.05, 4.69) is 35.3 Å². The number of thiazole rings is 1. The number of piperazine rings is 1. The van der Waals surface area contributed by atoms with Crippen LogP contribution < -0.4 is 10.2 Å². The number of nitrogens with one attached hydrogen (secondary N) is 1. The number of hydrogen-bond acceptors (Lipinski definition) is 4. The van der Waals surface area contributed by atoms with E-state index in [-0.39, 0.29) is 6.03 Å². The summed E-state index contributed by atoms with van der Waals surface area (Å²) < 4.78 is 1.24. The highest BCUT2D eigenvalue weighted by atomic mass is 32.1. The maximum atomic E-state index is 12.6. The van der Waals surface area contributed by atoms with Crippen LogP contribution >= 0.6 is 11.3 Å². The Hall–Kier alpha value is -2.60. The Morgan fingerprint density at radius 2 is 1.89 bits per heavy atom. The van der Waals surface area contributed by atoms with Crippen molar-refractivity contribution in [3.8, 4) is 0 Å². The van der Waals surface area contributed by atoms with Crippen molar-refractivity contribution in [1.29, 1.82) is 0 Å². The summed E-state index contributed by atoms with van der Waals surface area (Å²) in [7, 11) is 0. The number of aryl methyl sites for hydroxylation is 2. The van der Waals surface area contributed by atoms with Crippen LogP contribution in [0.25, 0.3) is 10.2 Å². The number of amides is 2. The number of carbonyl (C=O) groups excluding carboxylic acids is 1. The molecule has 0 spiro atoms. The smallest absolute Gasteiger partial charge is 0.321 e. The highest BCUT2D eigenvalue weighted by Crippen LogP contribution is 2.31. The number of urea groups is 1. The summed E-state index contributed by atoms with van der Waals surface area (Å²) in [6.45, 7) is 7.19. The number of anilines is 2. The largest absolute Gasteiger partial charge is 0.345 e. The molecule has 140 valence electrons. The number of rotatable bonds is 3. The molecule has 5 nitrogen and oxygen atoms in total. The monoisotopic (exact) mass is 380 g/mol. The molecule has 0 bridgehead atoms. The van der Waals surface area contributed by atoms with Gasteiger partial charge in [-0.1, -0.05) is 48.6 Å². The summed E-state index contributed by atoms with van der Waals surface area (Å²) in [6, 6.07) is 14.2. The summed E-state index contributed by atoms with van der Waals surface area (Å²) in [4.78, 5) is 21.6. The van der Waals surface area contributed by atoms with Gasteiger partial charge in [-0.2, -0.15) is 0 Å². The summed E-state index contributed by atoms with van der Waals surface area (Å²) >= 11 is 1.74. The van der Waals surface area contributed by atoms with Crippen molar-refractivity contribution in [2.75, 3.05) is 36.4 Å². The fourth-order valence-electron chi connectivity index (χ4n) is 3.42. The van der Waals surface area contributed by atoms with Gasteiger partial charge < -0.3 is 15.1 Å². The van der Waals surface area contributed by atoms with Gasteiger partial charge >= 0.3 is 6.03 Å². The van der Waals surface area contributed by atoms with E-state index in [1.165, 1.54) is 10.3 Å². The molecule has 6 heteroatoms. The Kier molecular flexibility index (Phi) is 4.99. The van der Waals surface area contributed by atoms with Crippen molar-refractivity contribution in [3.63, 3.8) is 0 Å². The van der Waals surface area contributed by atoms with Crippen LogP contribution in [0.3, 0.4) is 0 Å². The molecule has 3 aromatic rings. The summed E-state index contributed by atoms with van der Waals surface area (Å²) in [5.74, 6) is 0. The van der Waals surface area contributed by atoms with Gasteiger partial charge in [0.05, 0.1) is 10.2 Å². The molecule has 27 heavy (non-hydrogen) atoms. The molecule has 1 aliphatic heterocycles. The number of fused-ring (bicyclic) bond motifs is 1. The topological polar surface area (TPSA) is 48.5 Å². The minimum atomic E-state index is -0.0264. The van der Waals surface area contributed by atoms with Crippen LogP contribution in [-0.2, 0) is 6.42 Å². The zero-order valence-corrected chi connectivity index (χ0v) is 16.6. The highest BCUT2D eigenvalue weighted by Gasteiger charge is 2.23. The molecule has 2 heterocycles. The zero-order chi connectivity index (χ0) is 18.8. The predicted molar refractivity (Wildman–Crippen MR) is 113 cm³/mol. The number of para-hydroxylation sites is 2. The fraction of sp³-hybridized carbons (Fsp3) is 0.333. The lowest BCUT2D eigenvalue weighted by atomic mass is 10.1. The number of benzene rings is 2. The number of carbonyl (C=O) groups is 1. The second-order valence-electron chi connectivity index (χ2n) is 6.83. The second kappa shape index (κ2) is 7.56. The molecule has 1 fully saturated rings. The normalized spacial score (nSPS) is 14.6. The van der Waals surface area contributed by atoms with Crippen LogP contribution in [0.2, 0.25) is 0 Å². The van der Waals surface area contributed by atoms with E-state index in [1.807, 2.05) is 36.1 Å². The van der Waals surface area contributed by atoms with Gasteiger partial charge in [-0.3, -0.25) is 0 Å². The lowest BCUT2D eigenvalue weighted by molar-refractivity contribution is 0.208. The van der Waals surface area contributed by atoms with Crippen LogP contribution in [0.1, 0.15) is 18.1 Å². The summed E-state index contributed by atoms with van der Waals surface area (Å²) in [5, 5.41) is 4.09. The van der Waals surface area contributed by atoms with Crippen molar-refractivity contribution in [1.82, 2.24) is 9.88 Å². The molecule has 0 atom stereocenters. The third-order valence-electron chi connectivity index (χ3n) is 5.10. The van der Waals surface area contributed by atoms with E-state index in [0.717, 1.165) is 41.4 Å². The first-order valence-corrected chi connectivity index (χ1v) is 10.2. The van der Waals surface area contributed by atoms with Crippen LogP contribution in [0.4, 0.5) is 15.6 Å². The lowest BCUT2D eigenvalue weighted by Crippen LogP contribution is -2.50. The van der Waals surface area contributed by atoms with E-state index < -0.39 is 0 Å². The number of hydrogen-bond donors (Lipinski definition) is 1. The van der Waals surface area contributed by atoms with Gasteiger partial charge in [-0.05, 0) is 36.6 Å². The molecular weight excluding hydrogens is 356 g/mol. The van der Waals surface area contributed by atoms with Crippen molar-refractivity contribution in [3.05, 3.63) is 53.6 Å². The zero-order valence-electron chi connectivity index (χ0n) is 15.7. The molecule has 2 aromatic carbocycles. The van der Waals surface area contributed by atoms with E-state index >= 15 is 0 Å². The van der Waals surface area contributed by atoms with Gasteiger partial charge in [0, 0.05) is 31.9 Å². The van der Waals surface area contributed by atoms with Crippen molar-refractivity contribution in [2.24, 2.45) is 0 Å². The Balaban J connectivity index is 1.41. The Morgan fingerprint density at radius 1 is 1.11 bits per heavy atom. The molecule has 1 N–H and O–H groups in total. The molecule has 1 saturated heterocycles. The molecule has 0 aliphatic carbocycles. The molecule has 4 rings (SSSR count). The minimum Gasteiger partial charge on any atom is -0.345 e. The lowest BCUT2D eigenvalue weighted by Gasteiger charge is -2.34. The van der Waals surface area contributed by atoms with E-state index in [4.69, 9.17) is 4.98 Å². The SMILES string of the molecule is CCc1cccc2sc(N3CCN(C(=O)Nc4ccccc4C)CC3)nc12. The number of aromatic nitrogens is 1. The fourth-order valence-corrected chi connectivity index (χ4v) is 4.49. The van der Waals surface area contributed by atoms with Crippen LogP contribution in [0, 0.1) is 6.92 Å². The van der Waals surface area contributed by atoms with E-state index in [9.17, 15) is 4.79 Å². The third-order valence-corrected chi connectivity index (χ3v) is 6.18. The molecule has 2 amide bonds. The van der Waals surface area contributed by atoms with Gasteiger partial charge in [-0.25, -0.2) is 9.78 Å². The van der Waals surface area contributed by atoms with Crippen LogP contribution in [0.5, 0.6) is 0 Å². The molecule has 0 unspecified atom stereocenters. The maximum absolute atomic E-state index is 12.6. The van der Waals surface area contributed by atoms with Crippen molar-refractivity contribution < 1.29 is 4.79 Å². The van der Waals surface area contributed by atoms with E-state index in [0.29, 0.717) is 13.1 Å². The average Bonchev–Trinajstić information content (AvgIpc) is 3.14. The first-order valence-electron chi connectivity index (χ1n) is 9.40. The van der Waals surface area contributed by atoms with Crippen LogP contribution in [-0.4, -0.2) is 42.1 Å². The Bertz CT molecular complexity index is 960. The minimum absolute atomic E-state index is 0.0264. The van der Waals surface area contributed by atoms with Gasteiger partial charge in [0.1, 0.15) is 0 Å². The first-order chi connectivity index (χ1) is 13.2. The first kappa shape index (κ1) is 17.8. The number of nitrogens with zero attached hydrogens (tertiary/aromatic N) is 3. The van der Waals surface area contributed by atoms with Crippen molar-refractivity contribution in [2.45, 2.75) is 20.3 Å². The van der Waals surface area contributed by atoms with Gasteiger partial charge in [0.15, 0.2) is 5.13 Å². The van der Waals surface area contributed by atoms with Gasteiger partial charge in [0.2, 0.25) is 0 Å². The highest BCUT2D eigenvalue weighted by molar-refractivity contribution is 7.22. The molecule has 1 aromatic heterocycles. The average molecular weight is 381 g/mol. The summed E-state index contributed by atoms with van der Waals surface area (Å²) in [5.41, 5.74) is 4.37. The third kappa shape index (κ3) is 3.62. The summed E-state index contributed by atoms with van der Waals surface area (Å²) in [6.07, 6.45) is 0.993. The molecule has 0 radical (unpaired) electrons.